The summed E-state index contributed by atoms with van der Waals surface area (Å²) in [6, 6.07) is 20.0. The Morgan fingerprint density at radius 1 is 0.800 bits per heavy atom. The molecule has 0 bridgehead atoms. The molecule has 1 aliphatic heterocycles. The first kappa shape index (κ1) is 12.8. The van der Waals surface area contributed by atoms with Gasteiger partial charge in [0.05, 0.1) is 0 Å². The first-order chi connectivity index (χ1) is 16.9. The molecule has 0 atom stereocenters. The summed E-state index contributed by atoms with van der Waals surface area (Å²) in [5.74, 6) is 4.77. The van der Waals surface area contributed by atoms with Gasteiger partial charge >= 0.3 is 187 Å². The summed E-state index contributed by atoms with van der Waals surface area (Å²) in [6.45, 7) is -5.17. The minimum absolute atomic E-state index is 0.215. The van der Waals surface area contributed by atoms with Crippen LogP contribution in [0.1, 0.15) is 19.4 Å². The number of nitrogens with zero attached hydrogens (tertiary/aromatic N) is 1. The molecule has 3 heteroatoms. The van der Waals surface area contributed by atoms with Crippen LogP contribution in [0.15, 0.2) is 71.3 Å². The molecule has 6 rings (SSSR count). The number of para-hydroxylation sites is 1. The predicted octanol–water partition coefficient (Wildman–Crippen LogP) is 6.07. The van der Waals surface area contributed by atoms with Crippen molar-refractivity contribution in [3.8, 4) is 22.4 Å². The number of furan rings is 1. The van der Waals surface area contributed by atoms with Crippen molar-refractivity contribution in [3.05, 3.63) is 78.0 Å². The van der Waals surface area contributed by atoms with E-state index in [-0.39, 0.29) is 11.1 Å². The first-order valence-corrected chi connectivity index (χ1v) is 16.3. The van der Waals surface area contributed by atoms with E-state index in [2.05, 4.69) is 52.9 Å². The van der Waals surface area contributed by atoms with Gasteiger partial charge in [-0.25, -0.2) is 0 Å². The van der Waals surface area contributed by atoms with Gasteiger partial charge in [-0.15, -0.1) is 0 Å². The van der Waals surface area contributed by atoms with E-state index in [9.17, 15) is 0 Å². The SMILES string of the molecule is [2H]C([2H])([2H])c1cnc(-c2cccc3c2oc2[c]4c(ccc23)-c2cccc[c]2[Ge]4([CH3])[CH3])cc1C([2H])([2H])[2H]. The molecule has 0 fully saturated rings. The molecule has 3 aromatic carbocycles. The van der Waals surface area contributed by atoms with Crippen LogP contribution in [0.25, 0.3) is 44.3 Å². The third-order valence-electron chi connectivity index (χ3n) is 6.36. The van der Waals surface area contributed by atoms with Crippen molar-refractivity contribution in [2.45, 2.75) is 25.2 Å². The Bertz CT molecular complexity index is 1700. The second-order valence-electron chi connectivity index (χ2n) is 8.43. The van der Waals surface area contributed by atoms with E-state index in [1.807, 2.05) is 18.2 Å². The Morgan fingerprint density at radius 2 is 1.60 bits per heavy atom. The fourth-order valence-electron chi connectivity index (χ4n) is 4.91. The van der Waals surface area contributed by atoms with Crippen LogP contribution in [0, 0.1) is 13.7 Å². The van der Waals surface area contributed by atoms with Gasteiger partial charge in [-0.2, -0.15) is 0 Å². The Labute approximate surface area is 187 Å². The van der Waals surface area contributed by atoms with Crippen LogP contribution >= 0.6 is 0 Å². The summed E-state index contributed by atoms with van der Waals surface area (Å²) in [6.07, 6.45) is 1.16. The molecule has 0 saturated carbocycles. The molecule has 0 radical (unpaired) electrons. The Balaban J connectivity index is 1.63. The number of aryl methyl sites for hydroxylation is 2. The van der Waals surface area contributed by atoms with Gasteiger partial charge in [0.2, 0.25) is 0 Å². The molecule has 0 N–H and O–H groups in total. The van der Waals surface area contributed by atoms with Gasteiger partial charge in [0.15, 0.2) is 0 Å². The summed E-state index contributed by atoms with van der Waals surface area (Å²) in [5, 5.41) is 1.95. The standard InChI is InChI=1S/C27H23GeNO/c1-16-14-24(29-15-17(16)2)22-10-7-9-20-21-13-12-19-18-8-5-6-11-23(18)28(3,4)25(19)27(21)30-26(20)22/h5-15H,1-4H3/i1D3,2D3. The predicted molar refractivity (Wildman–Crippen MR) is 129 cm³/mol. The second-order valence-corrected chi connectivity index (χ2v) is 17.4. The molecule has 3 heterocycles. The van der Waals surface area contributed by atoms with Crippen molar-refractivity contribution in [1.82, 2.24) is 4.98 Å². The summed E-state index contributed by atoms with van der Waals surface area (Å²) >= 11 is -2.63. The molecule has 0 aliphatic carbocycles. The number of fused-ring (bicyclic) bond motifs is 7. The van der Waals surface area contributed by atoms with Crippen molar-refractivity contribution in [3.63, 3.8) is 0 Å². The van der Waals surface area contributed by atoms with Gasteiger partial charge in [-0.3, -0.25) is 0 Å². The van der Waals surface area contributed by atoms with Gasteiger partial charge < -0.3 is 0 Å². The summed E-state index contributed by atoms with van der Waals surface area (Å²) in [4.78, 5) is 4.39. The van der Waals surface area contributed by atoms with E-state index in [1.54, 1.807) is 0 Å². The molecule has 0 spiro atoms. The van der Waals surface area contributed by atoms with Crippen LogP contribution in [-0.4, -0.2) is 18.3 Å². The van der Waals surface area contributed by atoms with Crippen molar-refractivity contribution in [1.29, 1.82) is 0 Å². The normalized spacial score (nSPS) is 18.1. The minimum atomic E-state index is -2.63. The summed E-state index contributed by atoms with van der Waals surface area (Å²) < 4.78 is 56.5. The second kappa shape index (κ2) is 6.08. The van der Waals surface area contributed by atoms with Crippen molar-refractivity contribution >= 4 is 44.0 Å². The zero-order valence-corrected chi connectivity index (χ0v) is 18.8. The molecule has 30 heavy (non-hydrogen) atoms. The number of aromatic nitrogens is 1. The molecule has 0 unspecified atom stereocenters. The van der Waals surface area contributed by atoms with Gasteiger partial charge in [-0.1, -0.05) is 0 Å². The van der Waals surface area contributed by atoms with Crippen molar-refractivity contribution in [2.24, 2.45) is 0 Å². The molecule has 5 aromatic rings. The van der Waals surface area contributed by atoms with Gasteiger partial charge in [-0.05, 0) is 0 Å². The van der Waals surface area contributed by atoms with Crippen LogP contribution in [-0.2, 0) is 0 Å². The molecule has 2 aromatic heterocycles. The molecule has 0 amide bonds. The number of hydrogen-bond acceptors (Lipinski definition) is 2. The molecule has 146 valence electrons. The fourth-order valence-corrected chi connectivity index (χ4v) is 11.9. The van der Waals surface area contributed by atoms with E-state index in [0.717, 1.165) is 22.6 Å². The van der Waals surface area contributed by atoms with Crippen LogP contribution in [0.2, 0.25) is 11.5 Å². The zero-order valence-electron chi connectivity index (χ0n) is 22.7. The average molecular weight is 456 g/mol. The molecular formula is C27H23GeNO. The topological polar surface area (TPSA) is 26.0 Å². The van der Waals surface area contributed by atoms with E-state index in [1.165, 1.54) is 26.0 Å². The van der Waals surface area contributed by atoms with Crippen LogP contribution < -0.4 is 8.79 Å². The van der Waals surface area contributed by atoms with E-state index in [0.29, 0.717) is 16.8 Å². The van der Waals surface area contributed by atoms with Crippen LogP contribution in [0.4, 0.5) is 0 Å². The molecule has 0 saturated heterocycles. The Hall–Kier alpha value is -2.85. The Morgan fingerprint density at radius 3 is 2.47 bits per heavy atom. The third-order valence-corrected chi connectivity index (χ3v) is 13.8. The van der Waals surface area contributed by atoms with Gasteiger partial charge in [0, 0.05) is 0 Å². The summed E-state index contributed by atoms with van der Waals surface area (Å²) in [5.41, 5.74) is 4.56. The van der Waals surface area contributed by atoms with Crippen LogP contribution in [0.5, 0.6) is 0 Å². The van der Waals surface area contributed by atoms with E-state index >= 15 is 0 Å². The zero-order chi connectivity index (χ0) is 25.6. The van der Waals surface area contributed by atoms with Crippen molar-refractivity contribution < 1.29 is 12.6 Å². The molecule has 1 aliphatic rings. The number of hydrogen-bond donors (Lipinski definition) is 0. The quantitative estimate of drug-likeness (QED) is 0.287. The van der Waals surface area contributed by atoms with E-state index in [4.69, 9.17) is 12.6 Å². The maximum atomic E-state index is 7.93. The number of benzene rings is 3. The van der Waals surface area contributed by atoms with Crippen molar-refractivity contribution in [2.75, 3.05) is 0 Å². The Kier molecular flexibility index (Phi) is 2.59. The van der Waals surface area contributed by atoms with E-state index < -0.39 is 27.0 Å². The third kappa shape index (κ3) is 2.28. The average Bonchev–Trinajstić information content (AvgIpc) is 3.30. The first-order valence-electron chi connectivity index (χ1n) is 13.0. The molecular weight excluding hydrogens is 427 g/mol. The monoisotopic (exact) mass is 457 g/mol. The summed E-state index contributed by atoms with van der Waals surface area (Å²) in [7, 11) is 0. The maximum absolute atomic E-state index is 7.93. The number of pyridine rings is 1. The van der Waals surface area contributed by atoms with Gasteiger partial charge in [0.1, 0.15) is 0 Å². The van der Waals surface area contributed by atoms with Gasteiger partial charge in [0.25, 0.3) is 0 Å². The number of rotatable bonds is 1. The van der Waals surface area contributed by atoms with Crippen LogP contribution in [0.3, 0.4) is 0 Å². The fraction of sp³-hybridized carbons (Fsp3) is 0.148. The molecule has 2 nitrogen and oxygen atoms in total.